The Kier molecular flexibility index (Phi) is 4.42. The van der Waals surface area contributed by atoms with Gasteiger partial charge in [-0.2, -0.15) is 5.10 Å². The standard InChI is InChI=1S/C15H22N6O2/c1-11(2)15(23)20-5-3-19(4-6-20)13-12-9-18-21(7-8-22)14(12)17-10-16-13/h9-11,22H,3-8H2,1-2H3. The van der Waals surface area contributed by atoms with E-state index in [2.05, 4.69) is 20.0 Å². The molecule has 23 heavy (non-hydrogen) atoms. The third kappa shape index (κ3) is 2.98. The van der Waals surface area contributed by atoms with Crippen LogP contribution in [0.5, 0.6) is 0 Å². The smallest absolute Gasteiger partial charge is 0.225 e. The predicted octanol–water partition coefficient (Wildman–Crippen LogP) is 0.123. The fourth-order valence-corrected chi connectivity index (χ4v) is 2.89. The molecule has 0 saturated carbocycles. The normalized spacial score (nSPS) is 15.7. The van der Waals surface area contributed by atoms with Gasteiger partial charge in [0, 0.05) is 32.1 Å². The molecule has 1 amide bonds. The number of piperazine rings is 1. The summed E-state index contributed by atoms with van der Waals surface area (Å²) in [7, 11) is 0. The number of rotatable bonds is 4. The minimum Gasteiger partial charge on any atom is -0.394 e. The Morgan fingerprint density at radius 2 is 2.00 bits per heavy atom. The minimum absolute atomic E-state index is 0.0199. The molecule has 1 saturated heterocycles. The molecular weight excluding hydrogens is 296 g/mol. The summed E-state index contributed by atoms with van der Waals surface area (Å²) >= 11 is 0. The van der Waals surface area contributed by atoms with Crippen molar-refractivity contribution in [3.8, 4) is 0 Å². The summed E-state index contributed by atoms with van der Waals surface area (Å²) in [6.07, 6.45) is 3.27. The molecule has 8 nitrogen and oxygen atoms in total. The number of hydrogen-bond donors (Lipinski definition) is 1. The molecule has 2 aromatic heterocycles. The van der Waals surface area contributed by atoms with Gasteiger partial charge in [0.25, 0.3) is 0 Å². The molecule has 1 N–H and O–H groups in total. The van der Waals surface area contributed by atoms with Crippen molar-refractivity contribution in [3.63, 3.8) is 0 Å². The maximum atomic E-state index is 12.1. The number of fused-ring (bicyclic) bond motifs is 1. The van der Waals surface area contributed by atoms with Crippen LogP contribution in [0.25, 0.3) is 11.0 Å². The van der Waals surface area contributed by atoms with Crippen LogP contribution in [0.4, 0.5) is 5.82 Å². The Hall–Kier alpha value is -2.22. The van der Waals surface area contributed by atoms with Crippen molar-refractivity contribution >= 4 is 22.8 Å². The lowest BCUT2D eigenvalue weighted by Crippen LogP contribution is -2.50. The van der Waals surface area contributed by atoms with Gasteiger partial charge in [-0.25, -0.2) is 14.6 Å². The number of hydrogen-bond acceptors (Lipinski definition) is 6. The van der Waals surface area contributed by atoms with E-state index in [1.165, 1.54) is 6.33 Å². The van der Waals surface area contributed by atoms with E-state index < -0.39 is 0 Å². The average molecular weight is 318 g/mol. The topological polar surface area (TPSA) is 87.4 Å². The molecule has 0 aliphatic carbocycles. The highest BCUT2D eigenvalue weighted by molar-refractivity contribution is 5.87. The van der Waals surface area contributed by atoms with Crippen molar-refractivity contribution in [2.45, 2.75) is 20.4 Å². The number of carbonyl (C=O) groups is 1. The van der Waals surface area contributed by atoms with E-state index in [9.17, 15) is 4.79 Å². The lowest BCUT2D eigenvalue weighted by Gasteiger charge is -2.36. The molecule has 2 aromatic rings. The summed E-state index contributed by atoms with van der Waals surface area (Å²) in [4.78, 5) is 24.8. The first-order valence-electron chi connectivity index (χ1n) is 7.93. The van der Waals surface area contributed by atoms with Crippen molar-refractivity contribution in [1.82, 2.24) is 24.6 Å². The minimum atomic E-state index is 0.0199. The summed E-state index contributed by atoms with van der Waals surface area (Å²) < 4.78 is 1.68. The molecule has 1 fully saturated rings. The molecule has 0 spiro atoms. The summed E-state index contributed by atoms with van der Waals surface area (Å²) in [5, 5.41) is 14.2. The lowest BCUT2D eigenvalue weighted by molar-refractivity contribution is -0.134. The van der Waals surface area contributed by atoms with Gasteiger partial charge in [0.1, 0.15) is 12.1 Å². The first-order valence-corrected chi connectivity index (χ1v) is 7.93. The Labute approximate surface area is 134 Å². The predicted molar refractivity (Wildman–Crippen MR) is 86.0 cm³/mol. The van der Waals surface area contributed by atoms with Crippen LogP contribution >= 0.6 is 0 Å². The van der Waals surface area contributed by atoms with Crippen molar-refractivity contribution < 1.29 is 9.90 Å². The number of aliphatic hydroxyl groups excluding tert-OH is 1. The van der Waals surface area contributed by atoms with Crippen LogP contribution in [0.2, 0.25) is 0 Å². The Balaban J connectivity index is 1.78. The monoisotopic (exact) mass is 318 g/mol. The molecule has 0 unspecified atom stereocenters. The first-order chi connectivity index (χ1) is 11.1. The molecule has 124 valence electrons. The van der Waals surface area contributed by atoms with Crippen LogP contribution in [0, 0.1) is 5.92 Å². The van der Waals surface area contributed by atoms with E-state index in [1.54, 1.807) is 10.9 Å². The highest BCUT2D eigenvalue weighted by Crippen LogP contribution is 2.23. The van der Waals surface area contributed by atoms with E-state index in [4.69, 9.17) is 5.11 Å². The van der Waals surface area contributed by atoms with E-state index in [0.717, 1.165) is 29.9 Å². The SMILES string of the molecule is CC(C)C(=O)N1CCN(c2ncnc3c2cnn3CCO)CC1. The Bertz CT molecular complexity index is 690. The fourth-order valence-electron chi connectivity index (χ4n) is 2.89. The van der Waals surface area contributed by atoms with Crippen molar-refractivity contribution in [1.29, 1.82) is 0 Å². The number of aromatic nitrogens is 4. The highest BCUT2D eigenvalue weighted by atomic mass is 16.3. The van der Waals surface area contributed by atoms with Gasteiger partial charge in [-0.05, 0) is 0 Å². The second-order valence-electron chi connectivity index (χ2n) is 5.99. The first kappa shape index (κ1) is 15.7. The summed E-state index contributed by atoms with van der Waals surface area (Å²) in [5.41, 5.74) is 0.727. The third-order valence-electron chi connectivity index (χ3n) is 4.11. The highest BCUT2D eigenvalue weighted by Gasteiger charge is 2.25. The molecule has 0 aromatic carbocycles. The zero-order valence-corrected chi connectivity index (χ0v) is 13.5. The van der Waals surface area contributed by atoms with E-state index in [1.807, 2.05) is 18.7 Å². The van der Waals surface area contributed by atoms with Gasteiger partial charge < -0.3 is 14.9 Å². The van der Waals surface area contributed by atoms with Crippen molar-refractivity contribution in [2.75, 3.05) is 37.7 Å². The quantitative estimate of drug-likeness (QED) is 0.862. The lowest BCUT2D eigenvalue weighted by atomic mass is 10.1. The maximum Gasteiger partial charge on any atom is 0.225 e. The van der Waals surface area contributed by atoms with Gasteiger partial charge in [-0.3, -0.25) is 4.79 Å². The van der Waals surface area contributed by atoms with Crippen LogP contribution in [-0.2, 0) is 11.3 Å². The van der Waals surface area contributed by atoms with Gasteiger partial charge in [0.05, 0.1) is 24.7 Å². The zero-order valence-electron chi connectivity index (χ0n) is 13.5. The van der Waals surface area contributed by atoms with E-state index >= 15 is 0 Å². The number of aliphatic hydroxyl groups is 1. The van der Waals surface area contributed by atoms with E-state index in [0.29, 0.717) is 19.6 Å². The number of nitrogens with zero attached hydrogens (tertiary/aromatic N) is 6. The molecule has 1 aliphatic heterocycles. The van der Waals surface area contributed by atoms with Gasteiger partial charge >= 0.3 is 0 Å². The molecule has 0 bridgehead atoms. The molecule has 3 heterocycles. The van der Waals surface area contributed by atoms with Crippen molar-refractivity contribution in [3.05, 3.63) is 12.5 Å². The maximum absolute atomic E-state index is 12.1. The number of carbonyl (C=O) groups excluding carboxylic acids is 1. The third-order valence-corrected chi connectivity index (χ3v) is 4.11. The molecule has 0 atom stereocenters. The summed E-state index contributed by atoms with van der Waals surface area (Å²) in [5.74, 6) is 1.08. The van der Waals surface area contributed by atoms with Gasteiger partial charge in [-0.1, -0.05) is 13.8 Å². The van der Waals surface area contributed by atoms with Gasteiger partial charge in [0.2, 0.25) is 5.91 Å². The van der Waals surface area contributed by atoms with Gasteiger partial charge in [0.15, 0.2) is 5.65 Å². The van der Waals surface area contributed by atoms with E-state index in [-0.39, 0.29) is 18.4 Å². The Morgan fingerprint density at radius 1 is 1.26 bits per heavy atom. The van der Waals surface area contributed by atoms with Gasteiger partial charge in [-0.15, -0.1) is 0 Å². The largest absolute Gasteiger partial charge is 0.394 e. The number of amides is 1. The van der Waals surface area contributed by atoms with Crippen LogP contribution in [0.1, 0.15) is 13.8 Å². The second kappa shape index (κ2) is 6.49. The molecule has 8 heteroatoms. The average Bonchev–Trinajstić information content (AvgIpc) is 2.98. The van der Waals surface area contributed by atoms with Crippen LogP contribution in [0.15, 0.2) is 12.5 Å². The summed E-state index contributed by atoms with van der Waals surface area (Å²) in [6.45, 7) is 7.19. The molecule has 0 radical (unpaired) electrons. The van der Waals surface area contributed by atoms with Crippen LogP contribution in [-0.4, -0.2) is 68.4 Å². The molecular formula is C15H22N6O2. The molecule has 1 aliphatic rings. The zero-order chi connectivity index (χ0) is 16.4. The number of anilines is 1. The molecule has 3 rings (SSSR count). The second-order valence-corrected chi connectivity index (χ2v) is 5.99. The Morgan fingerprint density at radius 3 is 2.65 bits per heavy atom. The van der Waals surface area contributed by atoms with Crippen LogP contribution < -0.4 is 4.90 Å². The van der Waals surface area contributed by atoms with Crippen molar-refractivity contribution in [2.24, 2.45) is 5.92 Å². The fraction of sp³-hybridized carbons (Fsp3) is 0.600. The summed E-state index contributed by atoms with van der Waals surface area (Å²) in [6, 6.07) is 0. The van der Waals surface area contributed by atoms with Crippen LogP contribution in [0.3, 0.4) is 0 Å².